The summed E-state index contributed by atoms with van der Waals surface area (Å²) in [6, 6.07) is -0.394. The highest BCUT2D eigenvalue weighted by Gasteiger charge is 2.34. The van der Waals surface area contributed by atoms with Gasteiger partial charge in [-0.1, -0.05) is 0 Å². The Balaban J connectivity index is 2.47. The smallest absolute Gasteiger partial charge is 0.323 e. The lowest BCUT2D eigenvalue weighted by atomic mass is 10.2. The maximum Gasteiger partial charge on any atom is 0.323 e. The van der Waals surface area contributed by atoms with Gasteiger partial charge in [0.2, 0.25) is 0 Å². The lowest BCUT2D eigenvalue weighted by Gasteiger charge is -2.22. The second kappa shape index (κ2) is 5.40. The summed E-state index contributed by atoms with van der Waals surface area (Å²) in [6.45, 7) is 1.54. The van der Waals surface area contributed by atoms with Crippen molar-refractivity contribution < 1.29 is 14.7 Å². The highest BCUT2D eigenvalue weighted by atomic mass is 16.4. The van der Waals surface area contributed by atoms with Crippen LogP contribution in [0.2, 0.25) is 0 Å². The van der Waals surface area contributed by atoms with Crippen molar-refractivity contribution in [3.8, 4) is 12.3 Å². The fourth-order valence-corrected chi connectivity index (χ4v) is 1.42. The second-order valence-corrected chi connectivity index (χ2v) is 4.01. The molecule has 2 N–H and O–H groups in total. The van der Waals surface area contributed by atoms with Crippen molar-refractivity contribution in [3.05, 3.63) is 0 Å². The van der Waals surface area contributed by atoms with Gasteiger partial charge in [0.15, 0.2) is 0 Å². The minimum atomic E-state index is -0.994. The molecule has 1 aliphatic rings. The monoisotopic (exact) mass is 224 g/mol. The largest absolute Gasteiger partial charge is 0.480 e. The van der Waals surface area contributed by atoms with Crippen LogP contribution in [-0.4, -0.2) is 40.6 Å². The molecule has 2 amide bonds. The maximum absolute atomic E-state index is 11.7. The zero-order chi connectivity index (χ0) is 12.1. The molecule has 1 saturated carbocycles. The van der Waals surface area contributed by atoms with E-state index in [1.165, 1.54) is 4.90 Å². The van der Waals surface area contributed by atoms with Crippen LogP contribution in [0, 0.1) is 12.3 Å². The van der Waals surface area contributed by atoms with Gasteiger partial charge in [-0.25, -0.2) is 4.79 Å². The molecule has 1 atom stereocenters. The summed E-state index contributed by atoms with van der Waals surface area (Å²) in [5.41, 5.74) is 0. The van der Waals surface area contributed by atoms with Gasteiger partial charge in [-0.05, 0) is 19.8 Å². The second-order valence-electron chi connectivity index (χ2n) is 4.01. The Kier molecular flexibility index (Phi) is 4.18. The number of nitrogens with one attached hydrogen (secondary N) is 1. The molecule has 0 aromatic heterocycles. The lowest BCUT2D eigenvalue weighted by molar-refractivity contribution is -0.137. The quantitative estimate of drug-likeness (QED) is 0.674. The summed E-state index contributed by atoms with van der Waals surface area (Å²) in [5, 5.41) is 11.4. The van der Waals surface area contributed by atoms with Crippen LogP contribution >= 0.6 is 0 Å². The third-order valence-electron chi connectivity index (χ3n) is 2.35. The van der Waals surface area contributed by atoms with Gasteiger partial charge >= 0.3 is 12.0 Å². The molecule has 0 spiro atoms. The van der Waals surface area contributed by atoms with Crippen LogP contribution in [0.25, 0.3) is 0 Å². The average Bonchev–Trinajstić information content (AvgIpc) is 2.97. The molecule has 1 aliphatic carbocycles. The molecule has 0 heterocycles. The zero-order valence-corrected chi connectivity index (χ0v) is 9.27. The average molecular weight is 224 g/mol. The zero-order valence-electron chi connectivity index (χ0n) is 9.27. The first-order valence-electron chi connectivity index (χ1n) is 5.27. The number of carbonyl (C=O) groups excluding carboxylic acids is 1. The third-order valence-corrected chi connectivity index (χ3v) is 2.35. The van der Waals surface area contributed by atoms with E-state index in [-0.39, 0.29) is 24.7 Å². The number of nitrogens with zero attached hydrogens (tertiary/aromatic N) is 1. The van der Waals surface area contributed by atoms with Crippen molar-refractivity contribution >= 4 is 12.0 Å². The van der Waals surface area contributed by atoms with Crippen LogP contribution in [0.4, 0.5) is 4.79 Å². The molecule has 0 bridgehead atoms. The Morgan fingerprint density at radius 3 is 2.69 bits per heavy atom. The summed E-state index contributed by atoms with van der Waals surface area (Å²) in [4.78, 5) is 23.7. The number of carbonyl (C=O) groups is 2. The van der Waals surface area contributed by atoms with Crippen LogP contribution < -0.4 is 5.32 Å². The molecule has 0 saturated heterocycles. The number of carboxylic acid groups (broad SMARTS) is 1. The Hall–Kier alpha value is -1.70. The Morgan fingerprint density at radius 1 is 1.62 bits per heavy atom. The normalized spacial score (nSPS) is 16.0. The van der Waals surface area contributed by atoms with Gasteiger partial charge in [-0.15, -0.1) is 12.3 Å². The molecule has 1 fully saturated rings. The van der Waals surface area contributed by atoms with Crippen molar-refractivity contribution in [2.75, 3.05) is 6.54 Å². The van der Waals surface area contributed by atoms with E-state index in [4.69, 9.17) is 11.5 Å². The summed E-state index contributed by atoms with van der Waals surface area (Å²) in [5.74, 6) is 1.45. The van der Waals surface area contributed by atoms with Gasteiger partial charge in [0, 0.05) is 18.5 Å². The highest BCUT2D eigenvalue weighted by Crippen LogP contribution is 2.26. The molecular formula is C11H16N2O3. The molecule has 0 aromatic rings. The summed E-state index contributed by atoms with van der Waals surface area (Å²) in [7, 11) is 0. The number of terminal acetylenes is 1. The van der Waals surface area contributed by atoms with Gasteiger partial charge in [0.25, 0.3) is 0 Å². The van der Waals surface area contributed by atoms with Gasteiger partial charge < -0.3 is 15.3 Å². The van der Waals surface area contributed by atoms with E-state index in [9.17, 15) is 9.59 Å². The highest BCUT2D eigenvalue weighted by molar-refractivity contribution is 5.80. The van der Waals surface area contributed by atoms with Crippen molar-refractivity contribution in [3.63, 3.8) is 0 Å². The number of urea groups is 1. The summed E-state index contributed by atoms with van der Waals surface area (Å²) in [6.07, 6.45) is 7.33. The molecular weight excluding hydrogens is 208 g/mol. The Morgan fingerprint density at radius 2 is 2.25 bits per heavy atom. The molecule has 0 radical (unpaired) electrons. The van der Waals surface area contributed by atoms with E-state index in [0.29, 0.717) is 6.42 Å². The minimum absolute atomic E-state index is 0.0779. The number of amides is 2. The molecule has 1 unspecified atom stereocenters. The molecule has 0 aliphatic heterocycles. The van der Waals surface area contributed by atoms with E-state index in [0.717, 1.165) is 12.8 Å². The number of aliphatic carboxylic acids is 1. The number of rotatable bonds is 5. The van der Waals surface area contributed by atoms with Gasteiger partial charge in [0.05, 0.1) is 0 Å². The van der Waals surface area contributed by atoms with Gasteiger partial charge in [0.1, 0.15) is 6.54 Å². The fourth-order valence-electron chi connectivity index (χ4n) is 1.42. The SMILES string of the molecule is C#CCC(C)NC(=O)N(CC(=O)O)C1CC1. The van der Waals surface area contributed by atoms with Crippen molar-refractivity contribution in [2.24, 2.45) is 0 Å². The predicted molar refractivity (Wildman–Crippen MR) is 58.8 cm³/mol. The first-order valence-corrected chi connectivity index (χ1v) is 5.27. The molecule has 88 valence electrons. The van der Waals surface area contributed by atoms with Crippen LogP contribution in [-0.2, 0) is 4.79 Å². The Labute approximate surface area is 94.8 Å². The van der Waals surface area contributed by atoms with Crippen molar-refractivity contribution in [2.45, 2.75) is 38.3 Å². The van der Waals surface area contributed by atoms with Crippen LogP contribution in [0.3, 0.4) is 0 Å². The number of carboxylic acids is 1. The van der Waals surface area contributed by atoms with E-state index in [1.54, 1.807) is 6.92 Å². The topological polar surface area (TPSA) is 69.6 Å². The lowest BCUT2D eigenvalue weighted by Crippen LogP contribution is -2.46. The molecule has 1 rings (SSSR count). The summed E-state index contributed by atoms with van der Waals surface area (Å²) >= 11 is 0. The van der Waals surface area contributed by atoms with E-state index < -0.39 is 5.97 Å². The maximum atomic E-state index is 11.7. The molecule has 5 heteroatoms. The van der Waals surface area contributed by atoms with Gasteiger partial charge in [-0.2, -0.15) is 0 Å². The summed E-state index contributed by atoms with van der Waals surface area (Å²) < 4.78 is 0. The first-order chi connectivity index (χ1) is 7.54. The number of hydrogen-bond acceptors (Lipinski definition) is 2. The van der Waals surface area contributed by atoms with Crippen molar-refractivity contribution in [1.82, 2.24) is 10.2 Å². The van der Waals surface area contributed by atoms with Crippen molar-refractivity contribution in [1.29, 1.82) is 0 Å². The van der Waals surface area contributed by atoms with E-state index in [2.05, 4.69) is 11.2 Å². The van der Waals surface area contributed by atoms with Crippen LogP contribution in [0.15, 0.2) is 0 Å². The minimum Gasteiger partial charge on any atom is -0.480 e. The van der Waals surface area contributed by atoms with Crippen LogP contribution in [0.1, 0.15) is 26.2 Å². The molecule has 0 aromatic carbocycles. The van der Waals surface area contributed by atoms with E-state index >= 15 is 0 Å². The van der Waals surface area contributed by atoms with Gasteiger partial charge in [-0.3, -0.25) is 4.79 Å². The molecule has 5 nitrogen and oxygen atoms in total. The first kappa shape index (κ1) is 12.4. The number of hydrogen-bond donors (Lipinski definition) is 2. The van der Waals surface area contributed by atoms with Crippen LogP contribution in [0.5, 0.6) is 0 Å². The molecule has 16 heavy (non-hydrogen) atoms. The Bertz CT molecular complexity index is 318. The standard InChI is InChI=1S/C11H16N2O3/c1-3-4-8(2)12-11(16)13(7-10(14)15)9-5-6-9/h1,8-9H,4-7H2,2H3,(H,12,16)(H,14,15). The fraction of sp³-hybridized carbons (Fsp3) is 0.636. The third kappa shape index (κ3) is 3.81. The van der Waals surface area contributed by atoms with E-state index in [1.807, 2.05) is 0 Å². The predicted octanol–water partition coefficient (Wildman–Crippen LogP) is 0.657.